The monoisotopic (exact) mass is 295 g/mol. The molecule has 112 valence electrons. The summed E-state index contributed by atoms with van der Waals surface area (Å²) in [4.78, 5) is 2.52. The van der Waals surface area contributed by atoms with Crippen molar-refractivity contribution < 1.29 is 0 Å². The van der Waals surface area contributed by atoms with E-state index in [-0.39, 0.29) is 0 Å². The Labute approximate surface area is 127 Å². The minimum atomic E-state index is 0.641. The van der Waals surface area contributed by atoms with Gasteiger partial charge in [0.2, 0.25) is 0 Å². The Morgan fingerprint density at radius 1 is 1.15 bits per heavy atom. The van der Waals surface area contributed by atoms with E-state index in [1.54, 1.807) is 0 Å². The molecular weight excluding hydrogens is 270 g/mol. The highest BCUT2D eigenvalue weighted by Gasteiger charge is 2.25. The molecule has 0 unspecified atom stereocenters. The van der Waals surface area contributed by atoms with Gasteiger partial charge in [-0.2, -0.15) is 5.10 Å². The van der Waals surface area contributed by atoms with Crippen LogP contribution in [0.4, 0.5) is 0 Å². The van der Waals surface area contributed by atoms with Gasteiger partial charge in [0, 0.05) is 31.2 Å². The van der Waals surface area contributed by atoms with Gasteiger partial charge in [-0.3, -0.25) is 9.58 Å². The fraction of sp³-hybridized carbons (Fsp3) is 0.812. The lowest BCUT2D eigenvalue weighted by Gasteiger charge is -2.36. The van der Waals surface area contributed by atoms with Crippen LogP contribution >= 0.6 is 11.6 Å². The lowest BCUT2D eigenvalue weighted by molar-refractivity contribution is 0.125. The van der Waals surface area contributed by atoms with Gasteiger partial charge in [-0.05, 0) is 31.7 Å². The molecule has 2 aliphatic rings. The van der Waals surface area contributed by atoms with Gasteiger partial charge < -0.3 is 0 Å². The average Bonchev–Trinajstić information content (AvgIpc) is 2.87. The summed E-state index contributed by atoms with van der Waals surface area (Å²) in [5.74, 6) is 0.722. The van der Waals surface area contributed by atoms with E-state index in [0.29, 0.717) is 6.04 Å². The lowest BCUT2D eigenvalue weighted by atomic mass is 9.91. The summed E-state index contributed by atoms with van der Waals surface area (Å²) in [6, 6.07) is 3.59. The maximum atomic E-state index is 5.95. The van der Waals surface area contributed by atoms with Gasteiger partial charge in [0.1, 0.15) is 0 Å². The largest absolute Gasteiger partial charge is 0.293 e. The summed E-state index contributed by atoms with van der Waals surface area (Å²) in [5.41, 5.74) is 1.22. The molecule has 0 bridgehead atoms. The van der Waals surface area contributed by atoms with E-state index in [2.05, 4.69) is 21.8 Å². The summed E-state index contributed by atoms with van der Waals surface area (Å²) in [6.45, 7) is 1.96. The SMILES string of the molecule is ClCCN(Cc1ccn(C2CCCCC2)n1)C1CCC1. The standard InChI is InChI=1S/C16H26ClN3/c17-10-12-19(15-7-4-8-15)13-14-9-11-20(18-14)16-5-2-1-3-6-16/h9,11,15-16H,1-8,10,12-13H2. The number of hydrogen-bond donors (Lipinski definition) is 0. The van der Waals surface area contributed by atoms with Gasteiger partial charge in [0.25, 0.3) is 0 Å². The van der Waals surface area contributed by atoms with Crippen LogP contribution in [0.5, 0.6) is 0 Å². The molecule has 4 heteroatoms. The third-order valence-corrected chi connectivity index (χ3v) is 5.11. The lowest BCUT2D eigenvalue weighted by Crippen LogP contribution is -2.40. The first-order valence-corrected chi connectivity index (χ1v) is 8.74. The third-order valence-electron chi connectivity index (χ3n) is 4.94. The van der Waals surface area contributed by atoms with E-state index >= 15 is 0 Å². The second-order valence-corrected chi connectivity index (χ2v) is 6.70. The van der Waals surface area contributed by atoms with E-state index in [0.717, 1.165) is 25.0 Å². The first-order chi connectivity index (χ1) is 9.86. The summed E-state index contributed by atoms with van der Waals surface area (Å²) in [7, 11) is 0. The van der Waals surface area contributed by atoms with Crippen LogP contribution in [0.3, 0.4) is 0 Å². The topological polar surface area (TPSA) is 21.1 Å². The molecule has 0 aromatic carbocycles. The predicted molar refractivity (Wildman–Crippen MR) is 83.1 cm³/mol. The van der Waals surface area contributed by atoms with Crippen molar-refractivity contribution in [3.63, 3.8) is 0 Å². The maximum Gasteiger partial charge on any atom is 0.0765 e. The van der Waals surface area contributed by atoms with Gasteiger partial charge in [-0.25, -0.2) is 0 Å². The van der Waals surface area contributed by atoms with E-state index in [1.807, 2.05) is 0 Å². The molecule has 2 aliphatic carbocycles. The van der Waals surface area contributed by atoms with Crippen molar-refractivity contribution in [2.45, 2.75) is 70.0 Å². The molecule has 0 aliphatic heterocycles. The zero-order chi connectivity index (χ0) is 13.8. The molecule has 3 nitrogen and oxygen atoms in total. The fourth-order valence-electron chi connectivity index (χ4n) is 3.47. The molecule has 20 heavy (non-hydrogen) atoms. The average molecular weight is 296 g/mol. The highest BCUT2D eigenvalue weighted by Crippen LogP contribution is 2.28. The van der Waals surface area contributed by atoms with Crippen molar-refractivity contribution in [2.75, 3.05) is 12.4 Å². The van der Waals surface area contributed by atoms with Crippen molar-refractivity contribution in [3.8, 4) is 0 Å². The second-order valence-electron chi connectivity index (χ2n) is 6.32. The first kappa shape index (κ1) is 14.4. The Kier molecular flexibility index (Phi) is 5.00. The molecule has 0 radical (unpaired) electrons. The zero-order valence-electron chi connectivity index (χ0n) is 12.3. The molecule has 1 aromatic heterocycles. The Morgan fingerprint density at radius 2 is 1.95 bits per heavy atom. The summed E-state index contributed by atoms with van der Waals surface area (Å²) >= 11 is 5.95. The minimum absolute atomic E-state index is 0.641. The number of alkyl halides is 1. The number of hydrogen-bond acceptors (Lipinski definition) is 2. The Hall–Kier alpha value is -0.540. The molecule has 0 spiro atoms. The fourth-order valence-corrected chi connectivity index (χ4v) is 3.69. The van der Waals surface area contributed by atoms with E-state index in [9.17, 15) is 0 Å². The van der Waals surface area contributed by atoms with Gasteiger partial charge in [-0.15, -0.1) is 11.6 Å². The van der Waals surface area contributed by atoms with Crippen LogP contribution in [0.2, 0.25) is 0 Å². The molecule has 3 rings (SSSR count). The van der Waals surface area contributed by atoms with E-state index in [1.165, 1.54) is 57.1 Å². The normalized spacial score (nSPS) is 21.3. The van der Waals surface area contributed by atoms with Crippen molar-refractivity contribution >= 4 is 11.6 Å². The second kappa shape index (κ2) is 6.95. The number of rotatable bonds is 6. The van der Waals surface area contributed by atoms with E-state index < -0.39 is 0 Å². The first-order valence-electron chi connectivity index (χ1n) is 8.21. The number of nitrogens with zero attached hydrogens (tertiary/aromatic N) is 3. The molecule has 2 fully saturated rings. The van der Waals surface area contributed by atoms with Crippen LogP contribution in [-0.4, -0.2) is 33.1 Å². The van der Waals surface area contributed by atoms with Gasteiger partial charge >= 0.3 is 0 Å². The van der Waals surface area contributed by atoms with E-state index in [4.69, 9.17) is 16.7 Å². The molecule has 0 amide bonds. The minimum Gasteiger partial charge on any atom is -0.293 e. The van der Waals surface area contributed by atoms with Crippen LogP contribution in [0, 0.1) is 0 Å². The van der Waals surface area contributed by atoms with Crippen LogP contribution in [0.25, 0.3) is 0 Å². The van der Waals surface area contributed by atoms with Crippen molar-refractivity contribution in [2.24, 2.45) is 0 Å². The van der Waals surface area contributed by atoms with Crippen LogP contribution in [0.1, 0.15) is 63.1 Å². The van der Waals surface area contributed by atoms with Crippen LogP contribution < -0.4 is 0 Å². The Morgan fingerprint density at radius 3 is 2.60 bits per heavy atom. The quantitative estimate of drug-likeness (QED) is 0.740. The highest BCUT2D eigenvalue weighted by atomic mass is 35.5. The molecule has 2 saturated carbocycles. The molecule has 1 heterocycles. The highest BCUT2D eigenvalue weighted by molar-refractivity contribution is 6.18. The van der Waals surface area contributed by atoms with Crippen molar-refractivity contribution in [1.29, 1.82) is 0 Å². The number of halogens is 1. The summed E-state index contributed by atoms with van der Waals surface area (Å²) in [5, 5.41) is 4.83. The number of aromatic nitrogens is 2. The maximum absolute atomic E-state index is 5.95. The smallest absolute Gasteiger partial charge is 0.0765 e. The van der Waals surface area contributed by atoms with Crippen LogP contribution in [-0.2, 0) is 6.54 Å². The zero-order valence-corrected chi connectivity index (χ0v) is 13.1. The van der Waals surface area contributed by atoms with Crippen LogP contribution in [0.15, 0.2) is 12.3 Å². The summed E-state index contributed by atoms with van der Waals surface area (Å²) in [6.07, 6.45) is 13.0. The Bertz CT molecular complexity index is 408. The molecule has 1 aromatic rings. The summed E-state index contributed by atoms with van der Waals surface area (Å²) < 4.78 is 2.22. The predicted octanol–water partition coefficient (Wildman–Crippen LogP) is 3.98. The van der Waals surface area contributed by atoms with Crippen molar-refractivity contribution in [1.82, 2.24) is 14.7 Å². The Balaban J connectivity index is 1.60. The molecule has 0 N–H and O–H groups in total. The van der Waals surface area contributed by atoms with Gasteiger partial charge in [0.05, 0.1) is 11.7 Å². The van der Waals surface area contributed by atoms with Crippen molar-refractivity contribution in [3.05, 3.63) is 18.0 Å². The van der Waals surface area contributed by atoms with Gasteiger partial charge in [0.15, 0.2) is 0 Å². The molecular formula is C16H26ClN3. The third kappa shape index (κ3) is 3.37. The molecule has 0 atom stereocenters. The molecule has 0 saturated heterocycles. The van der Waals surface area contributed by atoms with Gasteiger partial charge in [-0.1, -0.05) is 25.7 Å².